The summed E-state index contributed by atoms with van der Waals surface area (Å²) in [6.07, 6.45) is 0. The van der Waals surface area contributed by atoms with E-state index in [-0.39, 0.29) is 69.2 Å². The third-order valence-electron chi connectivity index (χ3n) is 0. The SMILES string of the molecule is [Mo+4].[O-2].[O-2].[O-2].[O-2].[Zr+4]. The zero-order valence-corrected chi connectivity index (χ0v) is 7.01. The Morgan fingerprint density at radius 1 is 0.500 bits per heavy atom. The maximum atomic E-state index is 0. The molecule has 34 valence electrons. The van der Waals surface area contributed by atoms with Crippen LogP contribution < -0.4 is 0 Å². The first-order valence-corrected chi connectivity index (χ1v) is 0. The summed E-state index contributed by atoms with van der Waals surface area (Å²) in [6, 6.07) is 0. The first kappa shape index (κ1) is 153. The van der Waals surface area contributed by atoms with E-state index in [4.69, 9.17) is 0 Å². The smallest absolute Gasteiger partial charge is 2.00 e. The molecular weight excluding hydrogens is 251 g/mol. The second-order valence-electron chi connectivity index (χ2n) is 0. The molecule has 0 N–H and O–H groups in total. The van der Waals surface area contributed by atoms with Gasteiger partial charge < -0.3 is 21.9 Å². The van der Waals surface area contributed by atoms with Crippen LogP contribution >= 0.6 is 0 Å². The molecular formula is MoO4Zr. The van der Waals surface area contributed by atoms with E-state index < -0.39 is 0 Å². The predicted molar refractivity (Wildman–Crippen MR) is 2.75 cm³/mol. The molecule has 0 saturated heterocycles. The summed E-state index contributed by atoms with van der Waals surface area (Å²) in [5, 5.41) is 0. The summed E-state index contributed by atoms with van der Waals surface area (Å²) in [7, 11) is 0. The van der Waals surface area contributed by atoms with Gasteiger partial charge in [0.05, 0.1) is 0 Å². The fourth-order valence-electron chi connectivity index (χ4n) is 0. The van der Waals surface area contributed by atoms with Gasteiger partial charge in [-0.2, -0.15) is 0 Å². The fraction of sp³-hybridized carbons (Fsp3) is 0. The predicted octanol–water partition coefficient (Wildman–Crippen LogP) is -0.480. The Bertz CT molecular complexity index is 7.51. The van der Waals surface area contributed by atoms with Crippen LogP contribution in [0.4, 0.5) is 0 Å². The Morgan fingerprint density at radius 3 is 0.500 bits per heavy atom. The molecule has 0 rings (SSSR count). The normalized spacial score (nSPS) is 0. The molecule has 0 aliphatic carbocycles. The summed E-state index contributed by atoms with van der Waals surface area (Å²) in [5.41, 5.74) is 0. The third-order valence-corrected chi connectivity index (χ3v) is 0. The first-order valence-electron chi connectivity index (χ1n) is 0. The van der Waals surface area contributed by atoms with Crippen LogP contribution in [0.25, 0.3) is 0 Å². The van der Waals surface area contributed by atoms with Crippen LogP contribution in [0.2, 0.25) is 0 Å². The molecule has 0 unspecified atom stereocenters. The molecule has 0 heterocycles. The topological polar surface area (TPSA) is 114 Å². The Labute approximate surface area is 68.9 Å². The second-order valence-corrected chi connectivity index (χ2v) is 0. The quantitative estimate of drug-likeness (QED) is 0.517. The van der Waals surface area contributed by atoms with Crippen LogP contribution in [-0.2, 0) is 69.2 Å². The molecule has 4 nitrogen and oxygen atoms in total. The van der Waals surface area contributed by atoms with Crippen LogP contribution in [0.1, 0.15) is 0 Å². The molecule has 6 heavy (non-hydrogen) atoms. The average Bonchev–Trinajstić information content (AvgIpc) is 0. The molecule has 0 spiro atoms. The van der Waals surface area contributed by atoms with Crippen molar-refractivity contribution >= 4 is 0 Å². The van der Waals surface area contributed by atoms with Gasteiger partial charge in [-0.3, -0.25) is 0 Å². The van der Waals surface area contributed by atoms with Gasteiger partial charge in [0, 0.05) is 0 Å². The van der Waals surface area contributed by atoms with Crippen molar-refractivity contribution in [3.63, 3.8) is 0 Å². The van der Waals surface area contributed by atoms with Crippen molar-refractivity contribution in [1.82, 2.24) is 0 Å². The largest absolute Gasteiger partial charge is 4.00 e. The average molecular weight is 251 g/mol. The van der Waals surface area contributed by atoms with Gasteiger partial charge in [0.15, 0.2) is 0 Å². The molecule has 0 aliphatic heterocycles. The van der Waals surface area contributed by atoms with Crippen molar-refractivity contribution in [3.8, 4) is 0 Å². The van der Waals surface area contributed by atoms with E-state index in [1.54, 1.807) is 0 Å². The van der Waals surface area contributed by atoms with Crippen LogP contribution in [0.3, 0.4) is 0 Å². The number of hydrogen-bond acceptors (Lipinski definition) is 0. The molecule has 0 aromatic carbocycles. The minimum absolute atomic E-state index is 0. The molecule has 0 atom stereocenters. The second kappa shape index (κ2) is 94.2. The molecule has 0 fully saturated rings. The zero-order chi connectivity index (χ0) is 0. The summed E-state index contributed by atoms with van der Waals surface area (Å²) < 4.78 is 0. The van der Waals surface area contributed by atoms with Crippen LogP contribution in [0.5, 0.6) is 0 Å². The van der Waals surface area contributed by atoms with E-state index in [1.165, 1.54) is 0 Å². The van der Waals surface area contributed by atoms with E-state index in [2.05, 4.69) is 0 Å². The van der Waals surface area contributed by atoms with Crippen LogP contribution in [-0.4, -0.2) is 0 Å². The summed E-state index contributed by atoms with van der Waals surface area (Å²) in [5.74, 6) is 0. The molecule has 0 aromatic heterocycles. The van der Waals surface area contributed by atoms with E-state index in [1.807, 2.05) is 0 Å². The van der Waals surface area contributed by atoms with Gasteiger partial charge in [-0.25, -0.2) is 0 Å². The van der Waals surface area contributed by atoms with Crippen molar-refractivity contribution in [2.75, 3.05) is 0 Å². The van der Waals surface area contributed by atoms with Gasteiger partial charge in [0.2, 0.25) is 0 Å². The van der Waals surface area contributed by atoms with Gasteiger partial charge in [0.25, 0.3) is 0 Å². The van der Waals surface area contributed by atoms with Crippen molar-refractivity contribution in [3.05, 3.63) is 0 Å². The van der Waals surface area contributed by atoms with E-state index in [9.17, 15) is 0 Å². The summed E-state index contributed by atoms with van der Waals surface area (Å²) >= 11 is 0. The Hall–Kier alpha value is 1.41. The minimum atomic E-state index is 0. The Balaban J connectivity index is 0. The van der Waals surface area contributed by atoms with Gasteiger partial charge >= 0.3 is 47.3 Å². The minimum Gasteiger partial charge on any atom is -2.00 e. The third kappa shape index (κ3) is 52.9. The van der Waals surface area contributed by atoms with Gasteiger partial charge in [-0.15, -0.1) is 0 Å². The molecule has 0 aliphatic rings. The van der Waals surface area contributed by atoms with Crippen molar-refractivity contribution in [2.45, 2.75) is 0 Å². The summed E-state index contributed by atoms with van der Waals surface area (Å²) in [4.78, 5) is 0. The molecule has 0 aromatic rings. The molecule has 0 saturated carbocycles. The molecule has 6 heteroatoms. The van der Waals surface area contributed by atoms with Crippen LogP contribution in [0.15, 0.2) is 0 Å². The summed E-state index contributed by atoms with van der Waals surface area (Å²) in [6.45, 7) is 0. The maximum absolute atomic E-state index is 0. The number of rotatable bonds is 0. The zero-order valence-electron chi connectivity index (χ0n) is 2.54. The van der Waals surface area contributed by atoms with Crippen molar-refractivity contribution in [2.24, 2.45) is 0 Å². The molecule has 0 radical (unpaired) electrons. The first-order chi connectivity index (χ1) is 0. The fourth-order valence-corrected chi connectivity index (χ4v) is 0. The van der Waals surface area contributed by atoms with E-state index in [0.717, 1.165) is 0 Å². The van der Waals surface area contributed by atoms with Gasteiger partial charge in [0.1, 0.15) is 0 Å². The Morgan fingerprint density at radius 2 is 0.500 bits per heavy atom. The van der Waals surface area contributed by atoms with Crippen LogP contribution in [0, 0.1) is 0 Å². The Kier molecular flexibility index (Phi) is 2400. The van der Waals surface area contributed by atoms with Gasteiger partial charge in [-0.05, 0) is 0 Å². The van der Waals surface area contributed by atoms with E-state index in [0.29, 0.717) is 0 Å². The molecule has 0 amide bonds. The van der Waals surface area contributed by atoms with E-state index >= 15 is 0 Å². The maximum Gasteiger partial charge on any atom is 4.00 e. The van der Waals surface area contributed by atoms with Crippen molar-refractivity contribution in [1.29, 1.82) is 0 Å². The van der Waals surface area contributed by atoms with Crippen molar-refractivity contribution < 1.29 is 69.2 Å². The number of hydrogen-bond donors (Lipinski definition) is 0. The standard InChI is InChI=1S/Mo.4O.Zr/q+4;4*-2;+4. The monoisotopic (exact) mass is 252 g/mol. The molecule has 0 bridgehead atoms. The van der Waals surface area contributed by atoms with Gasteiger partial charge in [-0.1, -0.05) is 0 Å².